The molecule has 1 saturated heterocycles. The quantitative estimate of drug-likeness (QED) is 0.454. The first kappa shape index (κ1) is 25.6. The van der Waals surface area contributed by atoms with Gasteiger partial charge in [-0.15, -0.1) is 0 Å². The number of nitrogens with zero attached hydrogens (tertiary/aromatic N) is 2. The predicted molar refractivity (Wildman–Crippen MR) is 133 cm³/mol. The number of anilines is 1. The smallest absolute Gasteiger partial charge is 0.257 e. The molecule has 1 heterocycles. The minimum Gasteiger partial charge on any atom is -0.330 e. The van der Waals surface area contributed by atoms with Gasteiger partial charge in [0.25, 0.3) is 5.91 Å². The lowest BCUT2D eigenvalue weighted by atomic mass is 9.96. The number of sulfonamides is 1. The summed E-state index contributed by atoms with van der Waals surface area (Å²) in [5.41, 5.74) is 1.18. The zero-order valence-electron chi connectivity index (χ0n) is 20.9. The second-order valence-electron chi connectivity index (χ2n) is 11.1. The maximum absolute atomic E-state index is 13.8. The van der Waals surface area contributed by atoms with Crippen LogP contribution < -0.4 is 10.0 Å². The molecule has 1 aliphatic heterocycles. The van der Waals surface area contributed by atoms with E-state index in [9.17, 15) is 22.8 Å². The van der Waals surface area contributed by atoms with Crippen LogP contribution in [0.5, 0.6) is 0 Å². The Kier molecular flexibility index (Phi) is 6.47. The van der Waals surface area contributed by atoms with E-state index in [2.05, 4.69) is 33.8 Å². The van der Waals surface area contributed by atoms with Gasteiger partial charge in [0.2, 0.25) is 21.8 Å². The Morgan fingerprint density at radius 2 is 1.71 bits per heavy atom. The molecule has 1 saturated carbocycles. The van der Waals surface area contributed by atoms with Crippen molar-refractivity contribution < 1.29 is 22.8 Å². The van der Waals surface area contributed by atoms with E-state index in [4.69, 9.17) is 5.14 Å². The van der Waals surface area contributed by atoms with Gasteiger partial charge >= 0.3 is 0 Å². The summed E-state index contributed by atoms with van der Waals surface area (Å²) in [4.78, 5) is 42.9. The highest BCUT2D eigenvalue weighted by Gasteiger charge is 2.69. The number of primary sulfonamides is 1. The molecule has 1 unspecified atom stereocenters. The number of carbonyl (C=O) groups is 3. The Morgan fingerprint density at radius 1 is 1.09 bits per heavy atom. The Bertz CT molecular complexity index is 1170. The molecule has 4 rings (SSSR count). The fraction of sp³-hybridized carbons (Fsp3) is 0.577. The van der Waals surface area contributed by atoms with Crippen molar-refractivity contribution in [3.05, 3.63) is 35.9 Å². The van der Waals surface area contributed by atoms with Crippen LogP contribution in [-0.2, 0) is 24.4 Å². The Labute approximate surface area is 207 Å². The lowest BCUT2D eigenvalue weighted by Gasteiger charge is -2.29. The van der Waals surface area contributed by atoms with Crippen LogP contribution >= 0.6 is 0 Å². The molecule has 190 valence electrons. The molecule has 2 N–H and O–H groups in total. The molecule has 0 bridgehead atoms. The lowest BCUT2D eigenvalue weighted by molar-refractivity contribution is -0.140. The van der Waals surface area contributed by atoms with Crippen LogP contribution in [0, 0.1) is 16.7 Å². The number of carbonyl (C=O) groups excluding carboxylic acids is 3. The van der Waals surface area contributed by atoms with Crippen molar-refractivity contribution in [1.29, 1.82) is 0 Å². The van der Waals surface area contributed by atoms with Gasteiger partial charge in [-0.3, -0.25) is 14.4 Å². The van der Waals surface area contributed by atoms with Gasteiger partial charge in [0.1, 0.15) is 6.04 Å². The number of hydrogen-bond acceptors (Lipinski definition) is 5. The zero-order valence-corrected chi connectivity index (χ0v) is 21.7. The second-order valence-corrected chi connectivity index (χ2v) is 12.7. The number of rotatable bonds is 7. The van der Waals surface area contributed by atoms with Crippen molar-refractivity contribution in [2.45, 2.75) is 77.2 Å². The van der Waals surface area contributed by atoms with E-state index in [1.54, 1.807) is 4.90 Å². The van der Waals surface area contributed by atoms with Crippen LogP contribution in [0.15, 0.2) is 40.8 Å². The van der Waals surface area contributed by atoms with Crippen LogP contribution in [0.25, 0.3) is 0 Å². The largest absolute Gasteiger partial charge is 0.330 e. The molecule has 9 heteroatoms. The highest BCUT2D eigenvalue weighted by molar-refractivity contribution is 7.89. The number of hydrogen-bond donors (Lipinski definition) is 1. The number of allylic oxidation sites excluding steroid dienone is 1. The third-order valence-corrected chi connectivity index (χ3v) is 9.46. The predicted octanol–water partition coefficient (Wildman–Crippen LogP) is 3.37. The topological polar surface area (TPSA) is 118 Å². The van der Waals surface area contributed by atoms with Crippen molar-refractivity contribution in [1.82, 2.24) is 4.90 Å². The summed E-state index contributed by atoms with van der Waals surface area (Å²) < 4.78 is 23.1. The van der Waals surface area contributed by atoms with Gasteiger partial charge < -0.3 is 4.90 Å². The van der Waals surface area contributed by atoms with Crippen LogP contribution in [0.3, 0.4) is 0 Å². The van der Waals surface area contributed by atoms with Gasteiger partial charge in [0.05, 0.1) is 17.0 Å². The van der Waals surface area contributed by atoms with Crippen molar-refractivity contribution in [3.63, 3.8) is 0 Å². The first-order valence-electron chi connectivity index (χ1n) is 12.2. The Hall–Kier alpha value is -2.52. The molecule has 1 aromatic carbocycles. The van der Waals surface area contributed by atoms with Crippen molar-refractivity contribution in [2.75, 3.05) is 11.4 Å². The molecule has 1 aromatic rings. The van der Waals surface area contributed by atoms with Gasteiger partial charge in [-0.1, -0.05) is 39.3 Å². The summed E-state index contributed by atoms with van der Waals surface area (Å²) in [6, 6.07) is 4.45. The van der Waals surface area contributed by atoms with E-state index in [1.807, 2.05) is 0 Å². The minimum absolute atomic E-state index is 0.0750. The van der Waals surface area contributed by atoms with E-state index in [0.717, 1.165) is 24.2 Å². The maximum atomic E-state index is 13.8. The highest BCUT2D eigenvalue weighted by Crippen LogP contribution is 2.69. The Balaban J connectivity index is 1.60. The molecule has 3 amide bonds. The summed E-state index contributed by atoms with van der Waals surface area (Å²) in [6.45, 7) is 8.67. The number of benzene rings is 1. The molecular weight excluding hydrogens is 466 g/mol. The molecular formula is C26H35N3O5S. The summed E-state index contributed by atoms with van der Waals surface area (Å²) in [7, 11) is -3.90. The average molecular weight is 502 g/mol. The number of amides is 3. The zero-order chi connectivity index (χ0) is 25.8. The molecule has 2 aliphatic carbocycles. The molecule has 0 spiro atoms. The second kappa shape index (κ2) is 8.85. The van der Waals surface area contributed by atoms with Crippen LogP contribution in [0.4, 0.5) is 5.69 Å². The van der Waals surface area contributed by atoms with Gasteiger partial charge in [-0.2, -0.15) is 0 Å². The first-order chi connectivity index (χ1) is 16.3. The van der Waals surface area contributed by atoms with Crippen molar-refractivity contribution in [3.8, 4) is 0 Å². The van der Waals surface area contributed by atoms with E-state index >= 15 is 0 Å². The maximum Gasteiger partial charge on any atom is 0.257 e. The van der Waals surface area contributed by atoms with E-state index in [0.29, 0.717) is 13.0 Å². The van der Waals surface area contributed by atoms with Crippen molar-refractivity contribution in [2.24, 2.45) is 21.9 Å². The molecule has 0 radical (unpaired) electrons. The van der Waals surface area contributed by atoms with Crippen LogP contribution in [0.1, 0.15) is 66.2 Å². The van der Waals surface area contributed by atoms with Gasteiger partial charge in [0.15, 0.2) is 0 Å². The average Bonchev–Trinajstić information content (AvgIpc) is 3.02. The van der Waals surface area contributed by atoms with E-state index in [1.165, 1.54) is 36.3 Å². The summed E-state index contributed by atoms with van der Waals surface area (Å²) in [5.74, 6) is -1.16. The molecule has 1 atom stereocenters. The molecule has 35 heavy (non-hydrogen) atoms. The SMILES string of the molecule is CC1(C)C(C(=O)N(CCC2=CCCCC2)C2CC(=O)N(c3ccc(S(N)(=O)=O)cc3)C2=O)C1(C)C. The number of imide groups is 1. The third kappa shape index (κ3) is 4.56. The molecule has 2 fully saturated rings. The summed E-state index contributed by atoms with van der Waals surface area (Å²) in [6.07, 6.45) is 7.18. The monoisotopic (exact) mass is 501 g/mol. The van der Waals surface area contributed by atoms with E-state index < -0.39 is 27.9 Å². The van der Waals surface area contributed by atoms with Crippen LogP contribution in [-0.4, -0.2) is 43.6 Å². The minimum atomic E-state index is -3.90. The van der Waals surface area contributed by atoms with E-state index in [-0.39, 0.29) is 39.7 Å². The highest BCUT2D eigenvalue weighted by atomic mass is 32.2. The first-order valence-corrected chi connectivity index (χ1v) is 13.8. The summed E-state index contributed by atoms with van der Waals surface area (Å²) in [5, 5.41) is 5.16. The molecule has 0 aromatic heterocycles. The molecule has 8 nitrogen and oxygen atoms in total. The standard InChI is InChI=1S/C26H35N3O5S/c1-25(2)22(26(25,3)4)24(32)28(15-14-17-8-6-5-7-9-17)20-16-21(30)29(23(20)31)18-10-12-19(13-11-18)35(27,33)34/h8,10-13,20,22H,5-7,9,14-16H2,1-4H3,(H2,27,33,34). The molecule has 3 aliphatic rings. The fourth-order valence-corrected chi connectivity index (χ4v) is 6.23. The summed E-state index contributed by atoms with van der Waals surface area (Å²) >= 11 is 0. The number of nitrogens with two attached hydrogens (primary N) is 1. The Morgan fingerprint density at radius 3 is 2.23 bits per heavy atom. The van der Waals surface area contributed by atoms with Crippen LogP contribution in [0.2, 0.25) is 0 Å². The van der Waals surface area contributed by atoms with Gasteiger partial charge in [0, 0.05) is 12.5 Å². The van der Waals surface area contributed by atoms with Crippen molar-refractivity contribution >= 4 is 33.4 Å². The van der Waals surface area contributed by atoms with Gasteiger partial charge in [-0.25, -0.2) is 18.5 Å². The fourth-order valence-electron chi connectivity index (χ4n) is 5.71. The van der Waals surface area contributed by atoms with Gasteiger partial charge in [-0.05, 0) is 67.2 Å². The normalized spacial score (nSPS) is 23.9. The third-order valence-electron chi connectivity index (χ3n) is 8.53. The lowest BCUT2D eigenvalue weighted by Crippen LogP contribution is -2.47.